The monoisotopic (exact) mass is 490 g/mol. The number of esters is 1. The largest absolute Gasteiger partial charge is 0.464 e. The number of rotatable bonds is 8. The number of aryl methyl sites for hydroxylation is 1. The van der Waals surface area contributed by atoms with E-state index in [1.807, 2.05) is 30.3 Å². The maximum Gasteiger partial charge on any atom is 0.401 e. The molecular formula is C26H32F2N2O5. The van der Waals surface area contributed by atoms with Crippen molar-refractivity contribution in [1.82, 2.24) is 9.80 Å². The lowest BCUT2D eigenvalue weighted by Crippen LogP contribution is -2.55. The zero-order valence-corrected chi connectivity index (χ0v) is 20.0. The van der Waals surface area contributed by atoms with Crippen LogP contribution in [0.3, 0.4) is 0 Å². The van der Waals surface area contributed by atoms with E-state index in [2.05, 4.69) is 4.74 Å². The molecule has 0 unspecified atom stereocenters. The number of benzene rings is 1. The van der Waals surface area contributed by atoms with Gasteiger partial charge in [-0.05, 0) is 56.4 Å². The first-order chi connectivity index (χ1) is 16.8. The van der Waals surface area contributed by atoms with Gasteiger partial charge < -0.3 is 14.5 Å². The van der Waals surface area contributed by atoms with Gasteiger partial charge in [-0.1, -0.05) is 36.8 Å². The molecular weight excluding hydrogens is 458 g/mol. The first-order valence-corrected chi connectivity index (χ1v) is 12.4. The molecule has 2 aliphatic heterocycles. The normalized spacial score (nSPS) is 26.0. The second kappa shape index (κ2) is 10.4. The van der Waals surface area contributed by atoms with Crippen LogP contribution < -0.4 is 0 Å². The van der Waals surface area contributed by atoms with E-state index in [0.29, 0.717) is 25.7 Å². The van der Waals surface area contributed by atoms with E-state index in [0.717, 1.165) is 43.3 Å². The number of ether oxygens (including phenoxy) is 1. The number of fused-ring (bicyclic) bond motifs is 1. The third-order valence-electron chi connectivity index (χ3n) is 7.70. The molecule has 2 amide bonds. The van der Waals surface area contributed by atoms with Crippen molar-refractivity contribution in [2.75, 3.05) is 13.7 Å². The average molecular weight is 491 g/mol. The number of likely N-dealkylation sites (tertiary alicyclic amines) is 2. The fraction of sp³-hybridized carbons (Fsp3) is 0.615. The number of alkyl halides is 2. The van der Waals surface area contributed by atoms with E-state index in [-0.39, 0.29) is 30.8 Å². The van der Waals surface area contributed by atoms with Crippen LogP contribution in [0.25, 0.3) is 0 Å². The Labute approximate surface area is 203 Å². The molecule has 1 saturated carbocycles. The Morgan fingerprint density at radius 3 is 2.49 bits per heavy atom. The maximum atomic E-state index is 14.3. The molecule has 3 aliphatic rings. The van der Waals surface area contributed by atoms with Gasteiger partial charge in [-0.15, -0.1) is 0 Å². The van der Waals surface area contributed by atoms with Gasteiger partial charge in [0.25, 0.3) is 0 Å². The minimum absolute atomic E-state index is 0.0264. The number of carbonyl (C=O) groups is 4. The standard InChI is InChI=1S/C26H32F2N2O5/c1-35-25(34)26(27,28)23(32)20-13-7-15-29(20)24(33)21-16-18-11-6-12-19(18)30(21)22(31)14-5-10-17-8-3-2-4-9-17/h2-4,8-9,18-21H,5-7,10-16H2,1H3/t18-,19-,20-,21-/m0/s1. The lowest BCUT2D eigenvalue weighted by atomic mass is 10.0. The molecule has 0 bridgehead atoms. The number of ketones is 1. The minimum atomic E-state index is -4.32. The number of amides is 2. The zero-order chi connectivity index (χ0) is 25.2. The van der Waals surface area contributed by atoms with Gasteiger partial charge in [-0.2, -0.15) is 8.78 Å². The topological polar surface area (TPSA) is 84.0 Å². The molecule has 1 aromatic carbocycles. The van der Waals surface area contributed by atoms with Gasteiger partial charge in [0, 0.05) is 19.0 Å². The van der Waals surface area contributed by atoms with Gasteiger partial charge in [-0.25, -0.2) is 4.79 Å². The molecule has 4 rings (SSSR count). The quantitative estimate of drug-likeness (QED) is 0.413. The summed E-state index contributed by atoms with van der Waals surface area (Å²) >= 11 is 0. The van der Waals surface area contributed by atoms with Crippen LogP contribution in [0.15, 0.2) is 30.3 Å². The Balaban J connectivity index is 1.47. The van der Waals surface area contributed by atoms with Gasteiger partial charge in [0.1, 0.15) is 6.04 Å². The summed E-state index contributed by atoms with van der Waals surface area (Å²) in [7, 11) is 0.791. The van der Waals surface area contributed by atoms with Crippen LogP contribution in [0.5, 0.6) is 0 Å². The molecule has 2 saturated heterocycles. The molecule has 35 heavy (non-hydrogen) atoms. The van der Waals surface area contributed by atoms with Gasteiger partial charge in [0.2, 0.25) is 17.6 Å². The number of methoxy groups -OCH3 is 1. The molecule has 4 atom stereocenters. The molecule has 3 fully saturated rings. The Morgan fingerprint density at radius 1 is 1.03 bits per heavy atom. The molecule has 9 heteroatoms. The summed E-state index contributed by atoms with van der Waals surface area (Å²) in [5.41, 5.74) is 1.14. The highest BCUT2D eigenvalue weighted by Crippen LogP contribution is 2.43. The summed E-state index contributed by atoms with van der Waals surface area (Å²) in [4.78, 5) is 53.8. The molecule has 0 N–H and O–H groups in total. The molecule has 0 aromatic heterocycles. The number of carbonyl (C=O) groups excluding carboxylic acids is 4. The van der Waals surface area contributed by atoms with Crippen molar-refractivity contribution in [3.63, 3.8) is 0 Å². The van der Waals surface area contributed by atoms with Crippen molar-refractivity contribution < 1.29 is 32.7 Å². The summed E-state index contributed by atoms with van der Waals surface area (Å²) in [6.45, 7) is 0.147. The van der Waals surface area contributed by atoms with E-state index < -0.39 is 35.7 Å². The lowest BCUT2D eigenvalue weighted by molar-refractivity contribution is -0.177. The summed E-state index contributed by atoms with van der Waals surface area (Å²) in [6, 6.07) is 7.68. The van der Waals surface area contributed by atoms with Crippen LogP contribution in [0.2, 0.25) is 0 Å². The van der Waals surface area contributed by atoms with Crippen molar-refractivity contribution in [2.24, 2.45) is 5.92 Å². The lowest BCUT2D eigenvalue weighted by Gasteiger charge is -2.34. The van der Waals surface area contributed by atoms with E-state index in [4.69, 9.17) is 0 Å². The molecule has 7 nitrogen and oxygen atoms in total. The minimum Gasteiger partial charge on any atom is -0.464 e. The Kier molecular flexibility index (Phi) is 7.52. The van der Waals surface area contributed by atoms with Crippen molar-refractivity contribution >= 4 is 23.6 Å². The smallest absolute Gasteiger partial charge is 0.401 e. The first kappa shape index (κ1) is 25.3. The van der Waals surface area contributed by atoms with E-state index >= 15 is 0 Å². The number of Topliss-reactive ketones (excluding diaryl/α,β-unsaturated/α-hetero) is 1. The van der Waals surface area contributed by atoms with Gasteiger partial charge in [0.15, 0.2) is 0 Å². The van der Waals surface area contributed by atoms with Crippen molar-refractivity contribution in [3.05, 3.63) is 35.9 Å². The summed E-state index contributed by atoms with van der Waals surface area (Å²) < 4.78 is 32.7. The number of hydrogen-bond acceptors (Lipinski definition) is 5. The van der Waals surface area contributed by atoms with Crippen LogP contribution in [0.4, 0.5) is 8.78 Å². The van der Waals surface area contributed by atoms with Gasteiger partial charge >= 0.3 is 11.9 Å². The zero-order valence-electron chi connectivity index (χ0n) is 20.0. The summed E-state index contributed by atoms with van der Waals surface area (Å²) in [5.74, 6) is -8.22. The number of hydrogen-bond donors (Lipinski definition) is 0. The third kappa shape index (κ3) is 4.95. The van der Waals surface area contributed by atoms with Crippen molar-refractivity contribution in [1.29, 1.82) is 0 Å². The van der Waals surface area contributed by atoms with Crippen LogP contribution in [0, 0.1) is 5.92 Å². The summed E-state index contributed by atoms with van der Waals surface area (Å²) in [5, 5.41) is 0. The van der Waals surface area contributed by atoms with Crippen LogP contribution >= 0.6 is 0 Å². The fourth-order valence-electron chi connectivity index (χ4n) is 6.02. The third-order valence-corrected chi connectivity index (χ3v) is 7.70. The average Bonchev–Trinajstić information content (AvgIpc) is 3.59. The second-order valence-electron chi connectivity index (χ2n) is 9.77. The van der Waals surface area contributed by atoms with E-state index in [1.165, 1.54) is 0 Å². The van der Waals surface area contributed by atoms with E-state index in [9.17, 15) is 28.0 Å². The van der Waals surface area contributed by atoms with Crippen LogP contribution in [-0.2, 0) is 30.3 Å². The Morgan fingerprint density at radius 2 is 1.77 bits per heavy atom. The Bertz CT molecular complexity index is 970. The predicted molar refractivity (Wildman–Crippen MR) is 122 cm³/mol. The highest BCUT2D eigenvalue weighted by molar-refractivity contribution is 6.09. The molecule has 0 radical (unpaired) electrons. The molecule has 0 spiro atoms. The predicted octanol–water partition coefficient (Wildman–Crippen LogP) is 3.15. The SMILES string of the molecule is COC(=O)C(F)(F)C(=O)[C@@H]1CCCN1C(=O)[C@@H]1C[C@@H]2CCC[C@@H]2N1C(=O)CCCc1ccccc1. The molecule has 2 heterocycles. The highest BCUT2D eigenvalue weighted by Gasteiger charge is 2.56. The summed E-state index contributed by atoms with van der Waals surface area (Å²) in [6.07, 6.45) is 5.34. The van der Waals surface area contributed by atoms with Crippen molar-refractivity contribution in [2.45, 2.75) is 81.8 Å². The molecule has 1 aliphatic carbocycles. The molecule has 190 valence electrons. The van der Waals surface area contributed by atoms with E-state index in [1.54, 1.807) is 4.90 Å². The van der Waals surface area contributed by atoms with Crippen LogP contribution in [0.1, 0.15) is 56.9 Å². The first-order valence-electron chi connectivity index (χ1n) is 12.4. The maximum absolute atomic E-state index is 14.3. The highest BCUT2D eigenvalue weighted by atomic mass is 19.3. The van der Waals surface area contributed by atoms with Gasteiger partial charge in [0.05, 0.1) is 13.2 Å². The Hall–Kier alpha value is -2.84. The number of halogens is 2. The van der Waals surface area contributed by atoms with Crippen LogP contribution in [-0.4, -0.2) is 71.1 Å². The fourth-order valence-corrected chi connectivity index (χ4v) is 6.02. The molecule has 1 aromatic rings. The van der Waals surface area contributed by atoms with Gasteiger partial charge in [-0.3, -0.25) is 14.4 Å². The second-order valence-corrected chi connectivity index (χ2v) is 9.77. The number of nitrogens with zero attached hydrogens (tertiary/aromatic N) is 2. The van der Waals surface area contributed by atoms with Crippen molar-refractivity contribution in [3.8, 4) is 0 Å².